The maximum absolute atomic E-state index is 12.4. The average Bonchev–Trinajstić information content (AvgIpc) is 2.47. The van der Waals surface area contributed by atoms with E-state index in [4.69, 9.17) is 21.4 Å². The van der Waals surface area contributed by atoms with Gasteiger partial charge in [0.1, 0.15) is 0 Å². The molecule has 1 fully saturated rings. The Bertz CT molecular complexity index is 614. The van der Waals surface area contributed by atoms with Gasteiger partial charge in [-0.2, -0.15) is 17.4 Å². The van der Waals surface area contributed by atoms with Crippen LogP contribution in [0.15, 0.2) is 24.3 Å². The highest BCUT2D eigenvalue weighted by molar-refractivity contribution is 7.87. The largest absolute Gasteiger partial charge is 0.481 e. The van der Waals surface area contributed by atoms with Gasteiger partial charge in [0.25, 0.3) is 10.2 Å². The number of morpholine rings is 1. The van der Waals surface area contributed by atoms with Crippen molar-refractivity contribution in [1.29, 1.82) is 0 Å². The van der Waals surface area contributed by atoms with Gasteiger partial charge in [-0.3, -0.25) is 4.79 Å². The molecule has 9 heteroatoms. The lowest BCUT2D eigenvalue weighted by molar-refractivity contribution is -0.137. The third-order valence-corrected chi connectivity index (χ3v) is 5.13. The van der Waals surface area contributed by atoms with Crippen LogP contribution in [0.4, 0.5) is 0 Å². The summed E-state index contributed by atoms with van der Waals surface area (Å²) < 4.78 is 33.5. The van der Waals surface area contributed by atoms with Crippen molar-refractivity contribution in [3.05, 3.63) is 34.9 Å². The molecular formula is C13H17ClN2O5S. The summed E-state index contributed by atoms with van der Waals surface area (Å²) >= 11 is 5.80. The Hall–Kier alpha value is -1.19. The van der Waals surface area contributed by atoms with Gasteiger partial charge in [0.05, 0.1) is 25.7 Å². The van der Waals surface area contributed by atoms with E-state index in [-0.39, 0.29) is 19.5 Å². The first kappa shape index (κ1) is 17.2. The smallest absolute Gasteiger partial charge is 0.305 e. The maximum atomic E-state index is 12.4. The number of nitrogens with zero attached hydrogens (tertiary/aromatic N) is 1. The first-order valence-corrected chi connectivity index (χ1v) is 8.53. The summed E-state index contributed by atoms with van der Waals surface area (Å²) in [5.74, 6) is -1.09. The quantitative estimate of drug-likeness (QED) is 0.800. The van der Waals surface area contributed by atoms with Crippen LogP contribution < -0.4 is 4.72 Å². The summed E-state index contributed by atoms with van der Waals surface area (Å²) in [5.41, 5.74) is 0.545. The number of aliphatic carboxylic acids is 1. The minimum absolute atomic E-state index is 0.246. The molecule has 0 radical (unpaired) electrons. The number of benzene rings is 1. The van der Waals surface area contributed by atoms with Crippen molar-refractivity contribution in [2.45, 2.75) is 12.5 Å². The van der Waals surface area contributed by atoms with Crippen LogP contribution in [0.5, 0.6) is 0 Å². The van der Waals surface area contributed by atoms with Crippen LogP contribution in [0.3, 0.4) is 0 Å². The highest BCUT2D eigenvalue weighted by Gasteiger charge is 2.28. The standard InChI is InChI=1S/C13H17ClN2O5S/c14-11-3-1-10(2-4-11)12(9-13(17)18)15-22(19,20)16-5-7-21-8-6-16/h1-4,12,15H,5-9H2,(H,17,18). The molecule has 0 bridgehead atoms. The van der Waals surface area contributed by atoms with Crippen LogP contribution in [0.2, 0.25) is 5.02 Å². The molecule has 122 valence electrons. The molecule has 2 N–H and O–H groups in total. The van der Waals surface area contributed by atoms with E-state index < -0.39 is 22.2 Å². The molecule has 2 rings (SSSR count). The number of carboxylic acid groups (broad SMARTS) is 1. The second-order valence-corrected chi connectivity index (χ2v) is 6.97. The van der Waals surface area contributed by atoms with Gasteiger partial charge in [0.2, 0.25) is 0 Å². The van der Waals surface area contributed by atoms with Gasteiger partial charge < -0.3 is 9.84 Å². The first-order valence-electron chi connectivity index (χ1n) is 6.71. The molecule has 1 aliphatic heterocycles. The second-order valence-electron chi connectivity index (χ2n) is 4.84. The second kappa shape index (κ2) is 7.38. The van der Waals surface area contributed by atoms with Crippen LogP contribution in [0.1, 0.15) is 18.0 Å². The Balaban J connectivity index is 2.18. The van der Waals surface area contributed by atoms with Gasteiger partial charge in [-0.1, -0.05) is 23.7 Å². The third kappa shape index (κ3) is 4.65. The maximum Gasteiger partial charge on any atom is 0.305 e. The summed E-state index contributed by atoms with van der Waals surface area (Å²) in [7, 11) is -3.78. The summed E-state index contributed by atoms with van der Waals surface area (Å²) in [6.07, 6.45) is -0.356. The van der Waals surface area contributed by atoms with Crippen LogP contribution in [-0.2, 0) is 19.7 Å². The number of nitrogens with one attached hydrogen (secondary N) is 1. The molecule has 1 atom stereocenters. The molecule has 1 aliphatic rings. The predicted octanol–water partition coefficient (Wildman–Crippen LogP) is 1.02. The number of carbonyl (C=O) groups is 1. The SMILES string of the molecule is O=C(O)CC(NS(=O)(=O)N1CCOCC1)c1ccc(Cl)cc1. The van der Waals surface area contributed by atoms with Crippen molar-refractivity contribution in [2.75, 3.05) is 26.3 Å². The Morgan fingerprint density at radius 3 is 2.45 bits per heavy atom. The van der Waals surface area contributed by atoms with Crippen molar-refractivity contribution < 1.29 is 23.1 Å². The lowest BCUT2D eigenvalue weighted by atomic mass is 10.1. The highest BCUT2D eigenvalue weighted by Crippen LogP contribution is 2.21. The molecule has 1 saturated heterocycles. The van der Waals surface area contributed by atoms with E-state index in [0.717, 1.165) is 0 Å². The van der Waals surface area contributed by atoms with Crippen molar-refractivity contribution in [3.8, 4) is 0 Å². The molecule has 0 aromatic heterocycles. The van der Waals surface area contributed by atoms with Gasteiger partial charge in [-0.15, -0.1) is 0 Å². The van der Waals surface area contributed by atoms with E-state index in [1.807, 2.05) is 0 Å². The summed E-state index contributed by atoms with van der Waals surface area (Å²) in [5, 5.41) is 9.51. The van der Waals surface area contributed by atoms with Crippen molar-refractivity contribution in [2.24, 2.45) is 0 Å². The van der Waals surface area contributed by atoms with Crippen LogP contribution in [0, 0.1) is 0 Å². The van der Waals surface area contributed by atoms with Crippen molar-refractivity contribution in [1.82, 2.24) is 9.03 Å². The van der Waals surface area contributed by atoms with E-state index in [1.165, 1.54) is 4.31 Å². The zero-order valence-electron chi connectivity index (χ0n) is 11.7. The molecule has 7 nitrogen and oxygen atoms in total. The Morgan fingerprint density at radius 2 is 1.91 bits per heavy atom. The lowest BCUT2D eigenvalue weighted by Crippen LogP contribution is -2.47. The number of ether oxygens (including phenoxy) is 1. The number of hydrogen-bond donors (Lipinski definition) is 2. The van der Waals surface area contributed by atoms with Crippen LogP contribution in [0.25, 0.3) is 0 Å². The third-order valence-electron chi connectivity index (χ3n) is 3.25. The van der Waals surface area contributed by atoms with Gasteiger partial charge >= 0.3 is 5.97 Å². The van der Waals surface area contributed by atoms with E-state index in [0.29, 0.717) is 23.8 Å². The highest BCUT2D eigenvalue weighted by atomic mass is 35.5. The lowest BCUT2D eigenvalue weighted by Gasteiger charge is -2.28. The summed E-state index contributed by atoms with van der Waals surface area (Å²) in [6.45, 7) is 1.14. The number of carboxylic acids is 1. The van der Waals surface area contributed by atoms with Crippen molar-refractivity contribution >= 4 is 27.8 Å². The van der Waals surface area contributed by atoms with Crippen LogP contribution in [-0.4, -0.2) is 50.1 Å². The van der Waals surface area contributed by atoms with E-state index in [9.17, 15) is 13.2 Å². The minimum Gasteiger partial charge on any atom is -0.481 e. The van der Waals surface area contributed by atoms with Gasteiger partial charge in [-0.05, 0) is 17.7 Å². The van der Waals surface area contributed by atoms with Gasteiger partial charge in [0, 0.05) is 18.1 Å². The molecule has 1 heterocycles. The first-order chi connectivity index (χ1) is 10.4. The molecule has 1 aromatic rings. The molecule has 0 spiro atoms. The van der Waals surface area contributed by atoms with Gasteiger partial charge in [0.15, 0.2) is 0 Å². The zero-order chi connectivity index (χ0) is 16.2. The monoisotopic (exact) mass is 348 g/mol. The normalized spacial score (nSPS) is 18.0. The summed E-state index contributed by atoms with van der Waals surface area (Å²) in [4.78, 5) is 11.0. The van der Waals surface area contributed by atoms with Gasteiger partial charge in [-0.25, -0.2) is 0 Å². The summed E-state index contributed by atoms with van der Waals surface area (Å²) in [6, 6.07) is 5.54. The fraction of sp³-hybridized carbons (Fsp3) is 0.462. The Labute approximate surface area is 134 Å². The van der Waals surface area contributed by atoms with E-state index in [1.54, 1.807) is 24.3 Å². The van der Waals surface area contributed by atoms with E-state index >= 15 is 0 Å². The minimum atomic E-state index is -3.78. The van der Waals surface area contributed by atoms with Crippen LogP contribution >= 0.6 is 11.6 Å². The number of hydrogen-bond acceptors (Lipinski definition) is 4. The molecule has 0 amide bonds. The average molecular weight is 349 g/mol. The fourth-order valence-electron chi connectivity index (χ4n) is 2.14. The number of halogens is 1. The van der Waals surface area contributed by atoms with E-state index in [2.05, 4.69) is 4.72 Å². The molecule has 1 unspecified atom stereocenters. The molecule has 0 aliphatic carbocycles. The Kier molecular flexibility index (Phi) is 5.76. The number of rotatable bonds is 6. The Morgan fingerprint density at radius 1 is 1.32 bits per heavy atom. The molecule has 0 saturated carbocycles. The predicted molar refractivity (Wildman–Crippen MR) is 80.9 cm³/mol. The fourth-order valence-corrected chi connectivity index (χ4v) is 3.62. The zero-order valence-corrected chi connectivity index (χ0v) is 13.3. The topological polar surface area (TPSA) is 95.9 Å². The molecule has 1 aromatic carbocycles. The van der Waals surface area contributed by atoms with Crippen molar-refractivity contribution in [3.63, 3.8) is 0 Å². The molecular weight excluding hydrogens is 332 g/mol. The molecule has 22 heavy (non-hydrogen) atoms.